The normalized spacial score (nSPS) is 10.8. The maximum atomic E-state index is 10.7. The number of thiocarbonyl (C=S) groups is 1. The molecule has 0 bridgehead atoms. The van der Waals surface area contributed by atoms with E-state index in [0.717, 1.165) is 5.56 Å². The smallest absolute Gasteiger partial charge is 0.324 e. The van der Waals surface area contributed by atoms with Gasteiger partial charge in [0.15, 0.2) is 0 Å². The number of benzene rings is 1. The summed E-state index contributed by atoms with van der Waals surface area (Å²) in [7, 11) is -3.96. The Labute approximate surface area is 92.8 Å². The third-order valence-electron chi connectivity index (χ3n) is 1.83. The predicted molar refractivity (Wildman–Crippen MR) is 61.7 cm³/mol. The van der Waals surface area contributed by atoms with Crippen LogP contribution in [0.2, 0.25) is 0 Å². The Hall–Kier alpha value is -0.830. The van der Waals surface area contributed by atoms with E-state index in [4.69, 9.17) is 9.79 Å². The summed E-state index contributed by atoms with van der Waals surface area (Å²) in [6.45, 7) is 0. The van der Waals surface area contributed by atoms with E-state index in [0.29, 0.717) is 5.69 Å². The van der Waals surface area contributed by atoms with Gasteiger partial charge in [0.2, 0.25) is 0 Å². The van der Waals surface area contributed by atoms with Gasteiger partial charge in [0, 0.05) is 0 Å². The summed E-state index contributed by atoms with van der Waals surface area (Å²) in [5.41, 5.74) is 1.37. The molecule has 1 rings (SSSR count). The number of isothiocyanates is 1. The van der Waals surface area contributed by atoms with Crippen LogP contribution < -0.4 is 0 Å². The van der Waals surface area contributed by atoms with Crippen molar-refractivity contribution in [1.29, 1.82) is 0 Å². The Kier molecular flexibility index (Phi) is 4.33. The van der Waals surface area contributed by atoms with Crippen molar-refractivity contribution in [2.45, 2.75) is 6.42 Å². The average Bonchev–Trinajstić information content (AvgIpc) is 2.16. The first-order chi connectivity index (χ1) is 7.03. The van der Waals surface area contributed by atoms with Crippen molar-refractivity contribution in [3.05, 3.63) is 29.8 Å². The molecule has 0 aliphatic rings. The van der Waals surface area contributed by atoms with Crippen LogP contribution >= 0.6 is 19.8 Å². The van der Waals surface area contributed by atoms with E-state index in [1.165, 1.54) is 0 Å². The van der Waals surface area contributed by atoms with Crippen LogP contribution in [0.4, 0.5) is 5.69 Å². The Morgan fingerprint density at radius 2 is 2.07 bits per heavy atom. The largest absolute Gasteiger partial charge is 0.325 e. The minimum Gasteiger partial charge on any atom is -0.324 e. The fourth-order valence-corrected chi connectivity index (χ4v) is 1.78. The van der Waals surface area contributed by atoms with E-state index in [2.05, 4.69) is 22.4 Å². The molecule has 0 heterocycles. The molecule has 15 heavy (non-hydrogen) atoms. The number of aliphatic imine (C=N–C) groups is 1. The van der Waals surface area contributed by atoms with Crippen LogP contribution in [-0.4, -0.2) is 21.1 Å². The van der Waals surface area contributed by atoms with Gasteiger partial charge in [-0.05, 0) is 30.3 Å². The fraction of sp³-hybridized carbons (Fsp3) is 0.222. The number of nitrogens with zero attached hydrogens (tertiary/aromatic N) is 1. The van der Waals surface area contributed by atoms with Crippen molar-refractivity contribution in [2.24, 2.45) is 4.99 Å². The Morgan fingerprint density at radius 1 is 1.40 bits per heavy atom. The van der Waals surface area contributed by atoms with Gasteiger partial charge in [0.05, 0.1) is 17.0 Å². The van der Waals surface area contributed by atoms with Crippen molar-refractivity contribution >= 4 is 30.7 Å². The van der Waals surface area contributed by atoms with Crippen LogP contribution in [0.15, 0.2) is 29.3 Å². The van der Waals surface area contributed by atoms with Gasteiger partial charge >= 0.3 is 7.60 Å². The van der Waals surface area contributed by atoms with Gasteiger partial charge in [-0.25, -0.2) is 0 Å². The molecule has 2 N–H and O–H groups in total. The predicted octanol–water partition coefficient (Wildman–Crippen LogP) is 2.14. The molecule has 0 aliphatic heterocycles. The van der Waals surface area contributed by atoms with E-state index in [-0.39, 0.29) is 12.6 Å². The zero-order valence-electron chi connectivity index (χ0n) is 7.83. The molecule has 0 atom stereocenters. The molecule has 0 aliphatic carbocycles. The van der Waals surface area contributed by atoms with E-state index in [9.17, 15) is 4.57 Å². The zero-order chi connectivity index (χ0) is 11.3. The average molecular weight is 243 g/mol. The molecule has 0 saturated heterocycles. The molecule has 80 valence electrons. The molecule has 0 saturated carbocycles. The number of aryl methyl sites for hydroxylation is 1. The molecule has 6 heteroatoms. The van der Waals surface area contributed by atoms with Crippen LogP contribution in [0.25, 0.3) is 0 Å². The summed E-state index contributed by atoms with van der Waals surface area (Å²) in [5.74, 6) is 0. The maximum absolute atomic E-state index is 10.7. The lowest BCUT2D eigenvalue weighted by molar-refractivity contribution is 0.373. The lowest BCUT2D eigenvalue weighted by Crippen LogP contribution is -1.93. The highest BCUT2D eigenvalue weighted by atomic mass is 32.1. The van der Waals surface area contributed by atoms with Crippen LogP contribution in [0, 0.1) is 0 Å². The maximum Gasteiger partial charge on any atom is 0.325 e. The molecule has 0 unspecified atom stereocenters. The van der Waals surface area contributed by atoms with E-state index in [1.807, 2.05) is 0 Å². The van der Waals surface area contributed by atoms with Crippen molar-refractivity contribution in [3.63, 3.8) is 0 Å². The molecule has 0 spiro atoms. The van der Waals surface area contributed by atoms with Gasteiger partial charge in [-0.3, -0.25) is 4.57 Å². The Bertz CT molecular complexity index is 437. The van der Waals surface area contributed by atoms with Gasteiger partial charge in [-0.1, -0.05) is 18.2 Å². The minimum absolute atomic E-state index is 0.184. The first-order valence-corrected chi connectivity index (χ1v) is 6.44. The van der Waals surface area contributed by atoms with Crippen LogP contribution in [-0.2, 0) is 11.0 Å². The van der Waals surface area contributed by atoms with E-state index < -0.39 is 7.60 Å². The monoisotopic (exact) mass is 243 g/mol. The van der Waals surface area contributed by atoms with Crippen molar-refractivity contribution in [3.8, 4) is 0 Å². The first kappa shape index (κ1) is 12.2. The molecule has 0 fully saturated rings. The first-order valence-electron chi connectivity index (χ1n) is 4.23. The summed E-state index contributed by atoms with van der Waals surface area (Å²) in [4.78, 5) is 21.3. The van der Waals surface area contributed by atoms with Crippen molar-refractivity contribution in [1.82, 2.24) is 0 Å². The molecular formula is C9H10NO3PS. The number of para-hydroxylation sites is 1. The van der Waals surface area contributed by atoms with E-state index >= 15 is 0 Å². The fourth-order valence-electron chi connectivity index (χ4n) is 1.15. The third kappa shape index (κ3) is 4.47. The van der Waals surface area contributed by atoms with Crippen LogP contribution in [0.5, 0.6) is 0 Å². The second kappa shape index (κ2) is 5.31. The summed E-state index contributed by atoms with van der Waals surface area (Å²) in [6, 6.07) is 7.07. The van der Waals surface area contributed by atoms with Crippen molar-refractivity contribution in [2.75, 3.05) is 6.16 Å². The molecule has 1 aromatic carbocycles. The molecule has 1 aromatic rings. The zero-order valence-corrected chi connectivity index (χ0v) is 9.54. The lowest BCUT2D eigenvalue weighted by Gasteiger charge is -2.05. The van der Waals surface area contributed by atoms with Gasteiger partial charge in [-0.15, -0.1) is 0 Å². The number of hydrogen-bond donors (Lipinski definition) is 2. The summed E-state index contributed by atoms with van der Waals surface area (Å²) in [6.07, 6.45) is 0.0952. The second-order valence-electron chi connectivity index (χ2n) is 2.97. The molecule has 0 radical (unpaired) electrons. The molecule has 0 aromatic heterocycles. The summed E-state index contributed by atoms with van der Waals surface area (Å²) in [5, 5.41) is 2.24. The molecular weight excluding hydrogens is 233 g/mol. The Balaban J connectivity index is 2.85. The summed E-state index contributed by atoms with van der Waals surface area (Å²) < 4.78 is 10.7. The SMILES string of the molecule is O=P(O)(O)CCc1ccccc1N=C=S. The summed E-state index contributed by atoms with van der Waals surface area (Å²) >= 11 is 4.48. The van der Waals surface area contributed by atoms with Gasteiger partial charge in [0.1, 0.15) is 0 Å². The molecule has 0 amide bonds. The third-order valence-corrected chi connectivity index (χ3v) is 2.73. The van der Waals surface area contributed by atoms with Gasteiger partial charge < -0.3 is 9.79 Å². The number of hydrogen-bond acceptors (Lipinski definition) is 3. The lowest BCUT2D eigenvalue weighted by atomic mass is 10.1. The molecule has 4 nitrogen and oxygen atoms in total. The van der Waals surface area contributed by atoms with Gasteiger partial charge in [0.25, 0.3) is 0 Å². The topological polar surface area (TPSA) is 69.9 Å². The van der Waals surface area contributed by atoms with Crippen molar-refractivity contribution < 1.29 is 14.4 Å². The highest BCUT2D eigenvalue weighted by molar-refractivity contribution is 7.78. The quantitative estimate of drug-likeness (QED) is 0.483. The highest BCUT2D eigenvalue weighted by Gasteiger charge is 2.13. The minimum atomic E-state index is -3.96. The van der Waals surface area contributed by atoms with E-state index in [1.54, 1.807) is 24.3 Å². The standard InChI is InChI=1S/C9H10NO3PS/c11-14(12,13)6-5-8-3-1-2-4-9(8)10-7-15/h1-4H,5-6H2,(H2,11,12,13). The number of rotatable bonds is 4. The highest BCUT2D eigenvalue weighted by Crippen LogP contribution is 2.35. The van der Waals surface area contributed by atoms with Crippen LogP contribution in [0.3, 0.4) is 0 Å². The second-order valence-corrected chi connectivity index (χ2v) is 4.93. The van der Waals surface area contributed by atoms with Crippen LogP contribution in [0.1, 0.15) is 5.56 Å². The van der Waals surface area contributed by atoms with Gasteiger partial charge in [-0.2, -0.15) is 4.99 Å². The Morgan fingerprint density at radius 3 is 2.67 bits per heavy atom.